The monoisotopic (exact) mass is 872 g/mol. The number of allylic oxidation sites excluding steroid dienone is 2. The lowest BCUT2D eigenvalue weighted by Gasteiger charge is -2.18. The summed E-state index contributed by atoms with van der Waals surface area (Å²) in [6.45, 7) is 0. The second kappa shape index (κ2) is 15.6. The summed E-state index contributed by atoms with van der Waals surface area (Å²) in [4.78, 5) is 38.0. The van der Waals surface area contributed by atoms with Gasteiger partial charge in [-0.05, 0) is 107 Å². The molecule has 19 nitrogen and oxygen atoms in total. The van der Waals surface area contributed by atoms with Crippen LogP contribution in [0, 0.1) is 0 Å². The first-order chi connectivity index (χ1) is 28.3. The SMILES string of the molecule is COc1ccccc1N/N=C1\C(=O)c2ccc(NC(=O)Nc3ccc4c(c3)C=C(S(=O)(=O)O)C(=NNc3ccc5cc(S(=O)(=O)O)ccc5c3)C4=O)cc2C=C1S(=O)(=O)O. The molecule has 22 heteroatoms. The lowest BCUT2D eigenvalue weighted by molar-refractivity contribution is 0.105. The fourth-order valence-electron chi connectivity index (χ4n) is 6.16. The summed E-state index contributed by atoms with van der Waals surface area (Å²) in [6.07, 6.45) is 1.99. The predicted molar refractivity (Wildman–Crippen MR) is 222 cm³/mol. The molecule has 0 aliphatic heterocycles. The van der Waals surface area contributed by atoms with E-state index in [2.05, 4.69) is 31.7 Å². The van der Waals surface area contributed by atoms with Crippen molar-refractivity contribution in [2.75, 3.05) is 28.6 Å². The van der Waals surface area contributed by atoms with Crippen LogP contribution in [0.5, 0.6) is 5.75 Å². The van der Waals surface area contributed by atoms with Crippen LogP contribution in [0.3, 0.4) is 0 Å². The highest BCUT2D eigenvalue weighted by atomic mass is 32.2. The average molecular weight is 873 g/mol. The normalized spacial score (nSPS) is 15.5. The van der Waals surface area contributed by atoms with Crippen LogP contribution in [-0.2, 0) is 30.4 Å². The summed E-state index contributed by atoms with van der Waals surface area (Å²) in [7, 11) is -13.1. The van der Waals surface area contributed by atoms with E-state index in [4.69, 9.17) is 4.74 Å². The molecule has 0 fully saturated rings. The quantitative estimate of drug-likeness (QED) is 0.0671. The Morgan fingerprint density at radius 3 is 1.62 bits per heavy atom. The molecule has 7 N–H and O–H groups in total. The highest BCUT2D eigenvalue weighted by Gasteiger charge is 2.34. The topological polar surface area (TPSA) is 296 Å². The van der Waals surface area contributed by atoms with E-state index in [0.717, 1.165) is 12.2 Å². The maximum Gasteiger partial charge on any atom is 0.323 e. The van der Waals surface area contributed by atoms with Crippen LogP contribution < -0.4 is 26.2 Å². The first kappa shape index (κ1) is 41.1. The number of ketones is 2. The number of anilines is 4. The van der Waals surface area contributed by atoms with Crippen molar-refractivity contribution in [1.29, 1.82) is 0 Å². The van der Waals surface area contributed by atoms with Gasteiger partial charge >= 0.3 is 6.03 Å². The first-order valence-electron chi connectivity index (χ1n) is 17.0. The number of benzene rings is 5. The fourth-order valence-corrected chi connectivity index (χ4v) is 7.99. The molecule has 2 amide bonds. The van der Waals surface area contributed by atoms with Crippen LogP contribution in [0.4, 0.5) is 27.5 Å². The third-order valence-corrected chi connectivity index (χ3v) is 11.5. The smallest absolute Gasteiger partial charge is 0.323 e. The van der Waals surface area contributed by atoms with Crippen LogP contribution in [0.1, 0.15) is 31.8 Å². The molecule has 0 radical (unpaired) electrons. The lowest BCUT2D eigenvalue weighted by atomic mass is 9.94. The lowest BCUT2D eigenvalue weighted by Crippen LogP contribution is -2.27. The summed E-state index contributed by atoms with van der Waals surface area (Å²) in [5, 5.41) is 13.9. The van der Waals surface area contributed by atoms with E-state index in [-0.39, 0.29) is 44.2 Å². The summed E-state index contributed by atoms with van der Waals surface area (Å²) in [5.74, 6) is -1.40. The molecule has 0 heterocycles. The van der Waals surface area contributed by atoms with Gasteiger partial charge in [0.05, 0.1) is 23.4 Å². The molecule has 306 valence electrons. The summed E-state index contributed by atoms with van der Waals surface area (Å²) >= 11 is 0. The van der Waals surface area contributed by atoms with Crippen molar-refractivity contribution in [1.82, 2.24) is 0 Å². The fraction of sp³-hybridized carbons (Fsp3) is 0.0263. The molecular weight excluding hydrogens is 845 g/mol. The molecule has 0 saturated heterocycles. The summed E-state index contributed by atoms with van der Waals surface area (Å²) < 4.78 is 107. The van der Waals surface area contributed by atoms with Crippen LogP contribution in [0.15, 0.2) is 122 Å². The number of fused-ring (bicyclic) bond motifs is 3. The van der Waals surface area contributed by atoms with Crippen molar-refractivity contribution in [3.05, 3.63) is 129 Å². The van der Waals surface area contributed by atoms with E-state index in [0.29, 0.717) is 22.2 Å². The van der Waals surface area contributed by atoms with Gasteiger partial charge in [-0.2, -0.15) is 35.5 Å². The van der Waals surface area contributed by atoms with Gasteiger partial charge in [0.2, 0.25) is 11.6 Å². The number of amides is 2. The predicted octanol–water partition coefficient (Wildman–Crippen LogP) is 5.53. The summed E-state index contributed by atoms with van der Waals surface area (Å²) in [5.41, 5.74) is 4.59. The Kier molecular flexibility index (Phi) is 10.7. The van der Waals surface area contributed by atoms with Gasteiger partial charge in [0.15, 0.2) is 11.4 Å². The highest BCUT2D eigenvalue weighted by Crippen LogP contribution is 2.31. The van der Waals surface area contributed by atoms with Crippen LogP contribution in [0.2, 0.25) is 0 Å². The Hall–Kier alpha value is -7.08. The van der Waals surface area contributed by atoms with Gasteiger partial charge in [0.1, 0.15) is 15.6 Å². The van der Waals surface area contributed by atoms with E-state index in [9.17, 15) is 53.3 Å². The second-order valence-corrected chi connectivity index (χ2v) is 17.1. The van der Waals surface area contributed by atoms with Crippen LogP contribution in [0.25, 0.3) is 22.9 Å². The largest absolute Gasteiger partial charge is 0.495 e. The van der Waals surface area contributed by atoms with Gasteiger partial charge < -0.3 is 15.4 Å². The van der Waals surface area contributed by atoms with E-state index >= 15 is 0 Å². The number of ether oxygens (including phenoxy) is 1. The zero-order valence-corrected chi connectivity index (χ0v) is 32.9. The van der Waals surface area contributed by atoms with Crippen molar-refractivity contribution >= 4 is 105 Å². The van der Waals surface area contributed by atoms with Crippen molar-refractivity contribution in [2.45, 2.75) is 4.90 Å². The maximum atomic E-state index is 13.5. The maximum absolute atomic E-state index is 13.5. The number of nitrogens with one attached hydrogen (secondary N) is 4. The van der Waals surface area contributed by atoms with E-state index in [1.54, 1.807) is 24.3 Å². The van der Waals surface area contributed by atoms with Gasteiger partial charge in [-0.3, -0.25) is 34.1 Å². The molecule has 7 rings (SSSR count). The van der Waals surface area contributed by atoms with Crippen molar-refractivity contribution in [2.24, 2.45) is 10.2 Å². The highest BCUT2D eigenvalue weighted by molar-refractivity contribution is 7.91. The Bertz CT molecular complexity index is 3180. The number of urea groups is 1. The van der Waals surface area contributed by atoms with Gasteiger partial charge in [-0.1, -0.05) is 24.3 Å². The number of Topliss-reactive ketones (excluding diaryl/α,β-unsaturated/α-hetero) is 2. The number of para-hydroxylation sites is 2. The Labute approximate surface area is 340 Å². The molecule has 0 spiro atoms. The van der Waals surface area contributed by atoms with Crippen molar-refractivity contribution in [3.63, 3.8) is 0 Å². The average Bonchev–Trinajstić information content (AvgIpc) is 3.18. The molecule has 0 bridgehead atoms. The van der Waals surface area contributed by atoms with Gasteiger partial charge in [0.25, 0.3) is 30.4 Å². The molecular formula is C38H28N6O13S3. The molecule has 0 atom stereocenters. The zero-order chi connectivity index (χ0) is 43.1. The zero-order valence-electron chi connectivity index (χ0n) is 30.4. The van der Waals surface area contributed by atoms with E-state index in [1.807, 2.05) is 0 Å². The second-order valence-electron chi connectivity index (χ2n) is 12.9. The Balaban J connectivity index is 1.09. The number of nitrogens with zero attached hydrogens (tertiary/aromatic N) is 2. The van der Waals surface area contributed by atoms with Crippen molar-refractivity contribution < 1.29 is 58.0 Å². The number of hydrazone groups is 2. The molecule has 0 aromatic heterocycles. The van der Waals surface area contributed by atoms with Crippen LogP contribution >= 0.6 is 0 Å². The minimum Gasteiger partial charge on any atom is -0.495 e. The molecule has 60 heavy (non-hydrogen) atoms. The molecule has 2 aliphatic carbocycles. The van der Waals surface area contributed by atoms with Gasteiger partial charge in [-0.25, -0.2) is 4.79 Å². The summed E-state index contributed by atoms with van der Waals surface area (Å²) in [6, 6.07) is 21.8. The van der Waals surface area contributed by atoms with Crippen molar-refractivity contribution in [3.8, 4) is 5.75 Å². The van der Waals surface area contributed by atoms with E-state index < -0.39 is 69.2 Å². The third-order valence-electron chi connectivity index (χ3n) is 8.94. The first-order valence-corrected chi connectivity index (χ1v) is 21.3. The number of hydrogen-bond donors (Lipinski definition) is 7. The Morgan fingerprint density at radius 1 is 0.583 bits per heavy atom. The third kappa shape index (κ3) is 8.54. The number of rotatable bonds is 10. The minimum absolute atomic E-state index is 0.00181. The molecule has 0 unspecified atom stereocenters. The Morgan fingerprint density at radius 2 is 1.08 bits per heavy atom. The van der Waals surface area contributed by atoms with Crippen LogP contribution in [-0.4, -0.2) is 75.0 Å². The van der Waals surface area contributed by atoms with E-state index in [1.165, 1.54) is 79.9 Å². The molecule has 5 aromatic carbocycles. The van der Waals surface area contributed by atoms with Gasteiger partial charge in [-0.15, -0.1) is 0 Å². The number of hydrogen-bond acceptors (Lipinski definition) is 14. The molecule has 0 saturated carbocycles. The molecule has 5 aromatic rings. The molecule has 2 aliphatic rings. The number of carbonyl (C=O) groups excluding carboxylic acids is 3. The standard InChI is InChI=1S/C38H28N6O13S3/c1-57-31-5-3-2-4-30(31)42-44-35-33(60(54,55)56)19-23-16-25(10-13-29(23)37(35)46)40-38(47)39-24-9-12-28-22(15-24)18-32(59(51,52)53)34(36(28)45)43-41-26-8-6-21-17-27(58(48,49)50)11-7-20(21)14-26/h2-19,41-42H,1H3,(H2,39,40,47)(H,48,49,50)(H,51,52,53)(H,54,55,56)/b43-34?,44-35-. The van der Waals surface area contributed by atoms with Gasteiger partial charge in [0, 0.05) is 22.5 Å². The minimum atomic E-state index is -5.04. The number of carbonyl (C=O) groups is 3. The number of methoxy groups -OCH3 is 1.